The molecule has 2 heterocycles. The van der Waals surface area contributed by atoms with E-state index in [0.29, 0.717) is 5.56 Å². The van der Waals surface area contributed by atoms with Crippen LogP contribution in [-0.2, 0) is 4.74 Å². The van der Waals surface area contributed by atoms with Gasteiger partial charge in [-0.1, -0.05) is 12.8 Å². The fraction of sp³-hybridized carbons (Fsp3) is 0.579. The molecule has 2 aliphatic rings. The Morgan fingerprint density at radius 1 is 1.32 bits per heavy atom. The number of ether oxygens (including phenoxy) is 1. The van der Waals surface area contributed by atoms with Crippen molar-refractivity contribution in [1.29, 1.82) is 0 Å². The second kappa shape index (κ2) is 6.77. The van der Waals surface area contributed by atoms with Crippen molar-refractivity contribution in [3.8, 4) is 0 Å². The highest BCUT2D eigenvalue weighted by molar-refractivity contribution is 5.97. The van der Waals surface area contributed by atoms with Crippen LogP contribution in [0.3, 0.4) is 0 Å². The van der Waals surface area contributed by atoms with Crippen molar-refractivity contribution in [2.24, 2.45) is 0 Å². The maximum Gasteiger partial charge on any atom is 0.251 e. The van der Waals surface area contributed by atoms with Crippen molar-refractivity contribution in [3.63, 3.8) is 0 Å². The van der Waals surface area contributed by atoms with E-state index >= 15 is 0 Å². The van der Waals surface area contributed by atoms with E-state index < -0.39 is 0 Å². The fourth-order valence-electron chi connectivity index (χ4n) is 4.51. The molecule has 1 aliphatic carbocycles. The summed E-state index contributed by atoms with van der Waals surface area (Å²) < 4.78 is 5.53. The molecule has 1 aromatic heterocycles. The number of imidazole rings is 1. The van der Waals surface area contributed by atoms with Gasteiger partial charge in [-0.3, -0.25) is 9.69 Å². The smallest absolute Gasteiger partial charge is 0.251 e. The Bertz CT molecular complexity index is 745. The number of fused-ring (bicyclic) bond motifs is 1. The molecule has 1 unspecified atom stereocenters. The Kier molecular flexibility index (Phi) is 4.48. The van der Waals surface area contributed by atoms with Crippen LogP contribution in [0.2, 0.25) is 0 Å². The Balaban J connectivity index is 1.52. The Morgan fingerprint density at radius 3 is 2.84 bits per heavy atom. The zero-order valence-electron chi connectivity index (χ0n) is 14.8. The van der Waals surface area contributed by atoms with Crippen molar-refractivity contribution >= 4 is 16.9 Å². The van der Waals surface area contributed by atoms with Crippen LogP contribution in [0.4, 0.5) is 0 Å². The maximum absolute atomic E-state index is 12.8. The van der Waals surface area contributed by atoms with Gasteiger partial charge in [-0.15, -0.1) is 0 Å². The number of amides is 1. The highest BCUT2D eigenvalue weighted by Gasteiger charge is 2.45. The molecule has 1 amide bonds. The van der Waals surface area contributed by atoms with Crippen LogP contribution < -0.4 is 5.32 Å². The first kappa shape index (κ1) is 16.5. The molecule has 25 heavy (non-hydrogen) atoms. The van der Waals surface area contributed by atoms with Gasteiger partial charge in [-0.05, 0) is 38.0 Å². The molecule has 4 rings (SSSR count). The third kappa shape index (κ3) is 3.04. The SMILES string of the molecule is CC(NC(=O)c1ccc2nc[nH]c2c1)C1(N2CCOCC2)CCCC1. The first-order chi connectivity index (χ1) is 12.2. The number of rotatable bonds is 4. The van der Waals surface area contributed by atoms with Crippen LogP contribution >= 0.6 is 0 Å². The van der Waals surface area contributed by atoms with Gasteiger partial charge < -0.3 is 15.0 Å². The zero-order chi connectivity index (χ0) is 17.3. The Hall–Kier alpha value is -1.92. The van der Waals surface area contributed by atoms with Crippen molar-refractivity contribution in [2.75, 3.05) is 26.3 Å². The zero-order valence-corrected chi connectivity index (χ0v) is 14.8. The molecule has 6 heteroatoms. The molecule has 1 saturated carbocycles. The lowest BCUT2D eigenvalue weighted by molar-refractivity contribution is -0.0323. The summed E-state index contributed by atoms with van der Waals surface area (Å²) in [5, 5.41) is 3.28. The minimum Gasteiger partial charge on any atom is -0.379 e. The molecule has 2 fully saturated rings. The number of nitrogens with one attached hydrogen (secondary N) is 2. The Labute approximate surface area is 147 Å². The summed E-state index contributed by atoms with van der Waals surface area (Å²) in [4.78, 5) is 22.6. The van der Waals surface area contributed by atoms with E-state index in [2.05, 4.69) is 27.1 Å². The van der Waals surface area contributed by atoms with Crippen LogP contribution in [0.25, 0.3) is 11.0 Å². The van der Waals surface area contributed by atoms with Gasteiger partial charge in [0.2, 0.25) is 0 Å². The molecule has 6 nitrogen and oxygen atoms in total. The van der Waals surface area contributed by atoms with Crippen molar-refractivity contribution in [1.82, 2.24) is 20.2 Å². The number of H-pyrrole nitrogens is 1. The summed E-state index contributed by atoms with van der Waals surface area (Å²) in [6.07, 6.45) is 6.42. The molecule has 2 N–H and O–H groups in total. The van der Waals surface area contributed by atoms with E-state index in [9.17, 15) is 4.79 Å². The van der Waals surface area contributed by atoms with Gasteiger partial charge in [0.1, 0.15) is 0 Å². The van der Waals surface area contributed by atoms with Gasteiger partial charge in [0, 0.05) is 30.2 Å². The monoisotopic (exact) mass is 342 g/mol. The van der Waals surface area contributed by atoms with Gasteiger partial charge in [-0.2, -0.15) is 0 Å². The van der Waals surface area contributed by atoms with Gasteiger partial charge >= 0.3 is 0 Å². The lowest BCUT2D eigenvalue weighted by Gasteiger charge is -2.47. The summed E-state index contributed by atoms with van der Waals surface area (Å²) in [5.74, 6) is -0.0106. The second-order valence-electron chi connectivity index (χ2n) is 7.24. The van der Waals surface area contributed by atoms with Gasteiger partial charge in [-0.25, -0.2) is 4.98 Å². The number of hydrogen-bond acceptors (Lipinski definition) is 4. The van der Waals surface area contributed by atoms with Crippen molar-refractivity contribution in [3.05, 3.63) is 30.1 Å². The molecule has 2 aromatic rings. The molecule has 0 radical (unpaired) electrons. The van der Waals surface area contributed by atoms with E-state index in [-0.39, 0.29) is 17.5 Å². The molecular formula is C19H26N4O2. The van der Waals surface area contributed by atoms with Crippen LogP contribution in [0.15, 0.2) is 24.5 Å². The fourth-order valence-corrected chi connectivity index (χ4v) is 4.51. The molecular weight excluding hydrogens is 316 g/mol. The number of nitrogens with zero attached hydrogens (tertiary/aromatic N) is 2. The largest absolute Gasteiger partial charge is 0.379 e. The first-order valence-electron chi connectivity index (χ1n) is 9.26. The van der Waals surface area contributed by atoms with Gasteiger partial charge in [0.15, 0.2) is 0 Å². The number of carbonyl (C=O) groups is 1. The maximum atomic E-state index is 12.8. The van der Waals surface area contributed by atoms with Crippen LogP contribution in [0, 0.1) is 0 Å². The van der Waals surface area contributed by atoms with E-state index in [1.807, 2.05) is 18.2 Å². The van der Waals surface area contributed by atoms with E-state index in [4.69, 9.17) is 4.74 Å². The lowest BCUT2D eigenvalue weighted by atomic mass is 9.86. The van der Waals surface area contributed by atoms with Crippen molar-refractivity contribution in [2.45, 2.75) is 44.2 Å². The van der Waals surface area contributed by atoms with Crippen LogP contribution in [0.1, 0.15) is 43.0 Å². The van der Waals surface area contributed by atoms with Gasteiger partial charge in [0.25, 0.3) is 5.91 Å². The number of carbonyl (C=O) groups excluding carboxylic acids is 1. The molecule has 0 spiro atoms. The standard InChI is InChI=1S/C19H26N4O2/c1-14(19(6-2-3-7-19)23-8-10-25-11-9-23)22-18(24)15-4-5-16-17(12-15)21-13-20-16/h4-5,12-14H,2-3,6-11H2,1H3,(H,20,21)(H,22,24). The number of aromatic nitrogens is 2. The molecule has 1 saturated heterocycles. The average molecular weight is 342 g/mol. The molecule has 134 valence electrons. The molecule has 1 aromatic carbocycles. The predicted molar refractivity (Wildman–Crippen MR) is 96.6 cm³/mol. The highest BCUT2D eigenvalue weighted by Crippen LogP contribution is 2.38. The second-order valence-corrected chi connectivity index (χ2v) is 7.24. The average Bonchev–Trinajstić information content (AvgIpc) is 3.31. The normalized spacial score (nSPS) is 22.1. The minimum absolute atomic E-state index is 0.0106. The molecule has 1 aliphatic heterocycles. The number of hydrogen-bond donors (Lipinski definition) is 2. The summed E-state index contributed by atoms with van der Waals surface area (Å²) >= 11 is 0. The number of aromatic amines is 1. The molecule has 1 atom stereocenters. The number of morpholine rings is 1. The summed E-state index contributed by atoms with van der Waals surface area (Å²) in [7, 11) is 0. The van der Waals surface area contributed by atoms with E-state index in [1.54, 1.807) is 6.33 Å². The van der Waals surface area contributed by atoms with Gasteiger partial charge in [0.05, 0.1) is 30.6 Å². The predicted octanol–water partition coefficient (Wildman–Crippen LogP) is 2.33. The van der Waals surface area contributed by atoms with Crippen molar-refractivity contribution < 1.29 is 9.53 Å². The Morgan fingerprint density at radius 2 is 2.08 bits per heavy atom. The molecule has 0 bridgehead atoms. The summed E-state index contributed by atoms with van der Waals surface area (Å²) in [6, 6.07) is 5.72. The quantitative estimate of drug-likeness (QED) is 0.895. The lowest BCUT2D eigenvalue weighted by Crippen LogP contribution is -2.62. The highest BCUT2D eigenvalue weighted by atomic mass is 16.5. The number of benzene rings is 1. The third-order valence-electron chi connectivity index (χ3n) is 5.95. The third-order valence-corrected chi connectivity index (χ3v) is 5.95. The minimum atomic E-state index is -0.0106. The first-order valence-corrected chi connectivity index (χ1v) is 9.26. The summed E-state index contributed by atoms with van der Waals surface area (Å²) in [5.41, 5.74) is 2.52. The van der Waals surface area contributed by atoms with E-state index in [0.717, 1.165) is 50.2 Å². The topological polar surface area (TPSA) is 70.2 Å². The van der Waals surface area contributed by atoms with Crippen LogP contribution in [-0.4, -0.2) is 58.7 Å². The van der Waals surface area contributed by atoms with E-state index in [1.165, 1.54) is 12.8 Å². The van der Waals surface area contributed by atoms with Crippen LogP contribution in [0.5, 0.6) is 0 Å². The summed E-state index contributed by atoms with van der Waals surface area (Å²) in [6.45, 7) is 5.66.